The number of hydrogen-bond acceptors (Lipinski definition) is 3. The topological polar surface area (TPSA) is 49.7 Å². The Morgan fingerprint density at radius 2 is 1.67 bits per heavy atom. The van der Waals surface area contributed by atoms with Gasteiger partial charge in [-0.1, -0.05) is 37.3 Å². The molecule has 4 fully saturated rings. The summed E-state index contributed by atoms with van der Waals surface area (Å²) in [4.78, 5) is 0. The van der Waals surface area contributed by atoms with E-state index in [4.69, 9.17) is 4.74 Å². The quantitative estimate of drug-likeness (QED) is 0.471. The summed E-state index contributed by atoms with van der Waals surface area (Å²) < 4.78 is 6.18. The van der Waals surface area contributed by atoms with E-state index in [0.29, 0.717) is 24.4 Å². The van der Waals surface area contributed by atoms with Gasteiger partial charge in [-0.3, -0.25) is 0 Å². The molecule has 0 heterocycles. The molecule has 5 rings (SSSR count). The van der Waals surface area contributed by atoms with Crippen LogP contribution in [-0.4, -0.2) is 28.5 Å². The van der Waals surface area contributed by atoms with E-state index in [1.165, 1.54) is 37.7 Å². The van der Waals surface area contributed by atoms with Crippen molar-refractivity contribution >= 4 is 0 Å². The van der Waals surface area contributed by atoms with Gasteiger partial charge < -0.3 is 14.9 Å². The van der Waals surface area contributed by atoms with Gasteiger partial charge in [-0.2, -0.15) is 0 Å². The summed E-state index contributed by atoms with van der Waals surface area (Å²) in [5.74, 6) is 3.60. The molecule has 160 valence electrons. The third kappa shape index (κ3) is 5.00. The van der Waals surface area contributed by atoms with Gasteiger partial charge in [0.25, 0.3) is 0 Å². The van der Waals surface area contributed by atoms with Crippen LogP contribution in [0.3, 0.4) is 0 Å². The second-order valence-electron chi connectivity index (χ2n) is 10.4. The van der Waals surface area contributed by atoms with Crippen LogP contribution < -0.4 is 0 Å². The number of aliphatic hydroxyl groups excluding tert-OH is 2. The summed E-state index contributed by atoms with van der Waals surface area (Å²) >= 11 is 0. The molecule has 0 bridgehead atoms. The van der Waals surface area contributed by atoms with Crippen LogP contribution in [0.5, 0.6) is 0 Å². The molecule has 2 N–H and O–H groups in total. The maximum Gasteiger partial charge on any atom is 0.0841 e. The average molecular weight is 839 g/mol. The predicted molar refractivity (Wildman–Crippen MR) is 110 cm³/mol. The molecule has 0 saturated heterocycles. The molecule has 0 spiro atoms. The third-order valence-corrected chi connectivity index (χ3v) is 9.25. The molecule has 5 heteroatoms. The van der Waals surface area contributed by atoms with Crippen LogP contribution in [0.4, 0.5) is 0 Å². The Morgan fingerprint density at radius 3 is 2.43 bits per heavy atom. The van der Waals surface area contributed by atoms with E-state index in [2.05, 4.69) is 19.1 Å². The Labute approximate surface area is 253 Å². The molecule has 4 aliphatic carbocycles. The molecule has 0 aromatic heterocycles. The second-order valence-corrected chi connectivity index (χ2v) is 10.4. The van der Waals surface area contributed by atoms with E-state index in [1.807, 2.05) is 18.2 Å². The first-order chi connectivity index (χ1) is 13.6. The number of benzene rings is 1. The molecule has 30 heavy (non-hydrogen) atoms. The first kappa shape index (κ1) is 26.6. The number of aliphatic hydroxyl groups is 2. The first-order valence-corrected chi connectivity index (χ1v) is 11.6. The van der Waals surface area contributed by atoms with Crippen LogP contribution in [0, 0.1) is 123 Å². The Morgan fingerprint density at radius 1 is 0.900 bits per heavy atom. The van der Waals surface area contributed by atoms with Crippen molar-refractivity contribution in [3.63, 3.8) is 0 Å². The van der Waals surface area contributed by atoms with Gasteiger partial charge in [0, 0.05) is 88.1 Å². The molecule has 0 amide bonds. The molecular formula is C25H36Ac2O3. The summed E-state index contributed by atoms with van der Waals surface area (Å²) in [6.07, 6.45) is 8.73. The minimum Gasteiger partial charge on any atom is -0.393 e. The number of ether oxygens (including phenoxy) is 1. The van der Waals surface area contributed by atoms with E-state index < -0.39 is 0 Å². The van der Waals surface area contributed by atoms with Crippen molar-refractivity contribution in [2.75, 3.05) is 0 Å². The Balaban J connectivity index is 0.00000128. The smallest absolute Gasteiger partial charge is 0.0841 e. The van der Waals surface area contributed by atoms with Crippen LogP contribution in [0.2, 0.25) is 0 Å². The zero-order chi connectivity index (χ0) is 19.3. The van der Waals surface area contributed by atoms with Gasteiger partial charge in [0.05, 0.1) is 24.9 Å². The van der Waals surface area contributed by atoms with Crippen LogP contribution in [0.25, 0.3) is 0 Å². The monoisotopic (exact) mass is 838 g/mol. The normalized spacial score (nSPS) is 44.6. The molecule has 1 aromatic rings. The minimum atomic E-state index is -0.328. The van der Waals surface area contributed by atoms with Crippen LogP contribution in [-0.2, 0) is 11.3 Å². The fourth-order valence-electron chi connectivity index (χ4n) is 7.71. The maximum atomic E-state index is 10.9. The largest absolute Gasteiger partial charge is 0.393 e. The molecule has 2 radical (unpaired) electrons. The fraction of sp³-hybridized carbons (Fsp3) is 0.760. The molecule has 4 saturated carbocycles. The Hall–Kier alpha value is 1.98. The van der Waals surface area contributed by atoms with E-state index in [1.54, 1.807) is 0 Å². The van der Waals surface area contributed by atoms with Gasteiger partial charge >= 0.3 is 0 Å². The average Bonchev–Trinajstić information content (AvgIpc) is 3.02. The molecule has 0 aliphatic heterocycles. The standard InChI is InChI=1S/C25H36O3.2Ac/c1-25-12-11-18-19(21(25)9-10-24(25)27)8-7-17-13-23(22(26)14-20(17)18)28-15-16-5-3-2-4-6-16;;/h2-6,17-24,26-27H,7-15H2,1H3;;/t17?,18?,19?,20?,21?,22?,23?,24-,25-;;/m0../s1. The van der Waals surface area contributed by atoms with Crippen molar-refractivity contribution in [3.8, 4) is 0 Å². The van der Waals surface area contributed by atoms with Crippen molar-refractivity contribution in [2.45, 2.75) is 83.2 Å². The molecule has 1 aromatic carbocycles. The van der Waals surface area contributed by atoms with Crippen LogP contribution >= 0.6 is 0 Å². The fourth-order valence-corrected chi connectivity index (χ4v) is 7.71. The van der Waals surface area contributed by atoms with E-state index in [-0.39, 0.29) is 112 Å². The number of hydrogen-bond donors (Lipinski definition) is 2. The van der Waals surface area contributed by atoms with Crippen LogP contribution in [0.15, 0.2) is 30.3 Å². The molecule has 7 unspecified atom stereocenters. The third-order valence-electron chi connectivity index (χ3n) is 9.25. The van der Waals surface area contributed by atoms with Gasteiger partial charge in [0.2, 0.25) is 0 Å². The summed E-state index contributed by atoms with van der Waals surface area (Å²) in [6.45, 7) is 2.95. The number of rotatable bonds is 3. The predicted octanol–water partition coefficient (Wildman–Crippen LogP) is 4.56. The molecule has 4 aliphatic rings. The van der Waals surface area contributed by atoms with E-state index >= 15 is 0 Å². The maximum absolute atomic E-state index is 10.9. The van der Waals surface area contributed by atoms with E-state index in [0.717, 1.165) is 31.1 Å². The van der Waals surface area contributed by atoms with Crippen molar-refractivity contribution in [1.29, 1.82) is 0 Å². The Kier molecular flexibility index (Phi) is 9.88. The zero-order valence-electron chi connectivity index (χ0n) is 18.3. The Bertz CT molecular complexity index is 686. The summed E-state index contributed by atoms with van der Waals surface area (Å²) in [6, 6.07) is 10.3. The SMILES string of the molecule is C[C@]12CCC3C4CC(O)C(OCc5ccccc5)CC4CCC3C1CC[C@@H]2O.[Ac].[Ac]. The van der Waals surface area contributed by atoms with Gasteiger partial charge in [-0.05, 0) is 91.9 Å². The number of fused-ring (bicyclic) bond motifs is 5. The van der Waals surface area contributed by atoms with Gasteiger partial charge in [0.15, 0.2) is 0 Å². The van der Waals surface area contributed by atoms with Crippen molar-refractivity contribution in [1.82, 2.24) is 0 Å². The van der Waals surface area contributed by atoms with Crippen molar-refractivity contribution < 1.29 is 103 Å². The van der Waals surface area contributed by atoms with Crippen LogP contribution in [0.1, 0.15) is 63.9 Å². The molecule has 9 atom stereocenters. The first-order valence-electron chi connectivity index (χ1n) is 11.6. The minimum absolute atomic E-state index is 0. The van der Waals surface area contributed by atoms with Gasteiger partial charge in [-0.25, -0.2) is 0 Å². The second kappa shape index (κ2) is 11.1. The van der Waals surface area contributed by atoms with E-state index in [9.17, 15) is 10.2 Å². The van der Waals surface area contributed by atoms with Gasteiger partial charge in [-0.15, -0.1) is 0 Å². The molecule has 3 nitrogen and oxygen atoms in total. The summed E-state index contributed by atoms with van der Waals surface area (Å²) in [7, 11) is 0. The van der Waals surface area contributed by atoms with Crippen molar-refractivity contribution in [3.05, 3.63) is 35.9 Å². The summed E-state index contributed by atoms with van der Waals surface area (Å²) in [5, 5.41) is 21.5. The zero-order valence-corrected chi connectivity index (χ0v) is 27.8. The molecular weight excluding hydrogens is 802 g/mol. The van der Waals surface area contributed by atoms with Crippen molar-refractivity contribution in [2.24, 2.45) is 35.0 Å². The van der Waals surface area contributed by atoms with Gasteiger partial charge in [0.1, 0.15) is 0 Å². The summed E-state index contributed by atoms with van der Waals surface area (Å²) in [5.41, 5.74) is 1.34.